The Morgan fingerprint density at radius 3 is 2.82 bits per heavy atom. The van der Waals surface area contributed by atoms with Gasteiger partial charge in [0.05, 0.1) is 4.34 Å². The fourth-order valence-electron chi connectivity index (χ4n) is 1.55. The molecule has 1 aromatic heterocycles. The fraction of sp³-hybridized carbons (Fsp3) is 0.545. The van der Waals surface area contributed by atoms with E-state index in [2.05, 4.69) is 10.2 Å². The van der Waals surface area contributed by atoms with E-state index in [0.29, 0.717) is 13.0 Å². The molecule has 0 spiro atoms. The largest absolute Gasteiger partial charge is 0.359 e. The Morgan fingerprint density at radius 1 is 1.65 bits per heavy atom. The molecule has 1 unspecified atom stereocenters. The van der Waals surface area contributed by atoms with Crippen molar-refractivity contribution in [2.75, 3.05) is 20.6 Å². The van der Waals surface area contributed by atoms with Crippen LogP contribution in [-0.2, 0) is 11.3 Å². The number of carbonyl (C=O) groups is 1. The zero-order chi connectivity index (χ0) is 12.8. The minimum absolute atomic E-state index is 0.0107. The Kier molecular flexibility index (Phi) is 5.91. The number of nitrogens with zero attached hydrogens (tertiary/aromatic N) is 1. The highest BCUT2D eigenvalue weighted by Gasteiger charge is 2.17. The highest BCUT2D eigenvalue weighted by molar-refractivity contribution is 7.16. The number of carbonyl (C=O) groups excluding carboxylic acids is 1. The van der Waals surface area contributed by atoms with Gasteiger partial charge >= 0.3 is 0 Å². The van der Waals surface area contributed by atoms with E-state index in [9.17, 15) is 4.79 Å². The number of nitrogens with two attached hydrogens (primary N) is 1. The standard InChI is InChI=1S/C11H18ClN3OS/c1-14-11(16)5-8(6-13)15(2)7-9-3-4-10(12)17-9/h3-4,8H,5-7,13H2,1-2H3,(H,14,16). The highest BCUT2D eigenvalue weighted by Crippen LogP contribution is 2.23. The monoisotopic (exact) mass is 275 g/mol. The summed E-state index contributed by atoms with van der Waals surface area (Å²) in [5, 5.41) is 2.61. The summed E-state index contributed by atoms with van der Waals surface area (Å²) in [6, 6.07) is 3.93. The summed E-state index contributed by atoms with van der Waals surface area (Å²) in [7, 11) is 3.60. The van der Waals surface area contributed by atoms with Crippen LogP contribution in [0.25, 0.3) is 0 Å². The molecule has 0 bridgehead atoms. The average molecular weight is 276 g/mol. The van der Waals surface area contributed by atoms with Crippen LogP contribution < -0.4 is 11.1 Å². The third-order valence-corrected chi connectivity index (χ3v) is 3.85. The average Bonchev–Trinajstić information content (AvgIpc) is 2.70. The number of hydrogen-bond acceptors (Lipinski definition) is 4. The lowest BCUT2D eigenvalue weighted by Gasteiger charge is -2.25. The summed E-state index contributed by atoms with van der Waals surface area (Å²) in [5.74, 6) is 0.0107. The minimum Gasteiger partial charge on any atom is -0.359 e. The van der Waals surface area contributed by atoms with Gasteiger partial charge in [-0.05, 0) is 19.2 Å². The van der Waals surface area contributed by atoms with E-state index < -0.39 is 0 Å². The molecule has 1 amide bonds. The van der Waals surface area contributed by atoms with Crippen LogP contribution in [0.5, 0.6) is 0 Å². The van der Waals surface area contributed by atoms with Crippen molar-refractivity contribution >= 4 is 28.8 Å². The lowest BCUT2D eigenvalue weighted by molar-refractivity contribution is -0.121. The second kappa shape index (κ2) is 6.96. The maximum Gasteiger partial charge on any atom is 0.221 e. The van der Waals surface area contributed by atoms with Gasteiger partial charge in [-0.3, -0.25) is 9.69 Å². The van der Waals surface area contributed by atoms with Gasteiger partial charge < -0.3 is 11.1 Å². The van der Waals surface area contributed by atoms with Crippen LogP contribution in [0, 0.1) is 0 Å². The molecule has 0 fully saturated rings. The maximum absolute atomic E-state index is 11.3. The van der Waals surface area contributed by atoms with Gasteiger partial charge in [0.15, 0.2) is 0 Å². The Bertz CT molecular complexity index is 369. The Morgan fingerprint density at radius 2 is 2.35 bits per heavy atom. The zero-order valence-electron chi connectivity index (χ0n) is 10.1. The van der Waals surface area contributed by atoms with E-state index in [4.69, 9.17) is 17.3 Å². The molecule has 6 heteroatoms. The Labute approximate surface area is 111 Å². The number of halogens is 1. The van der Waals surface area contributed by atoms with Crippen LogP contribution in [0.3, 0.4) is 0 Å². The van der Waals surface area contributed by atoms with Crippen LogP contribution in [0.2, 0.25) is 4.34 Å². The van der Waals surface area contributed by atoms with Crippen molar-refractivity contribution in [3.05, 3.63) is 21.3 Å². The SMILES string of the molecule is CNC(=O)CC(CN)N(C)Cc1ccc(Cl)s1. The Hall–Kier alpha value is -0.620. The van der Waals surface area contributed by atoms with Crippen LogP contribution >= 0.6 is 22.9 Å². The smallest absolute Gasteiger partial charge is 0.221 e. The van der Waals surface area contributed by atoms with Gasteiger partial charge in [-0.25, -0.2) is 0 Å². The quantitative estimate of drug-likeness (QED) is 0.823. The molecule has 0 saturated carbocycles. The molecule has 3 N–H and O–H groups in total. The predicted molar refractivity (Wildman–Crippen MR) is 72.3 cm³/mol. The first kappa shape index (κ1) is 14.4. The van der Waals surface area contributed by atoms with Gasteiger partial charge in [0, 0.05) is 37.5 Å². The molecular formula is C11H18ClN3OS. The molecule has 0 aliphatic rings. The normalized spacial score (nSPS) is 12.8. The summed E-state index contributed by atoms with van der Waals surface area (Å²) < 4.78 is 0.781. The van der Waals surface area contributed by atoms with Crippen LogP contribution in [0.4, 0.5) is 0 Å². The number of hydrogen-bond donors (Lipinski definition) is 2. The first-order valence-electron chi connectivity index (χ1n) is 5.42. The van der Waals surface area contributed by atoms with Gasteiger partial charge in [-0.1, -0.05) is 11.6 Å². The molecule has 0 aromatic carbocycles. The van der Waals surface area contributed by atoms with Crippen molar-refractivity contribution in [3.8, 4) is 0 Å². The van der Waals surface area contributed by atoms with Crippen molar-refractivity contribution in [3.63, 3.8) is 0 Å². The third-order valence-electron chi connectivity index (χ3n) is 2.63. The minimum atomic E-state index is 0.0107. The van der Waals surface area contributed by atoms with E-state index in [-0.39, 0.29) is 11.9 Å². The molecule has 1 rings (SSSR count). The molecule has 0 radical (unpaired) electrons. The summed E-state index contributed by atoms with van der Waals surface area (Å²) in [6.45, 7) is 1.22. The zero-order valence-corrected chi connectivity index (χ0v) is 11.6. The summed E-state index contributed by atoms with van der Waals surface area (Å²) >= 11 is 7.43. The second-order valence-corrected chi connectivity index (χ2v) is 5.69. The maximum atomic E-state index is 11.3. The molecule has 1 aromatic rings. The van der Waals surface area contributed by atoms with E-state index >= 15 is 0 Å². The molecule has 0 aliphatic carbocycles. The molecule has 96 valence electrons. The van der Waals surface area contributed by atoms with E-state index in [0.717, 1.165) is 10.9 Å². The van der Waals surface area contributed by atoms with Crippen molar-refractivity contribution in [1.82, 2.24) is 10.2 Å². The lowest BCUT2D eigenvalue weighted by Crippen LogP contribution is -2.40. The van der Waals surface area contributed by atoms with Gasteiger partial charge in [-0.15, -0.1) is 11.3 Å². The Balaban J connectivity index is 2.54. The van der Waals surface area contributed by atoms with Gasteiger partial charge in [0.1, 0.15) is 0 Å². The molecule has 0 aliphatic heterocycles. The van der Waals surface area contributed by atoms with Crippen LogP contribution in [0.1, 0.15) is 11.3 Å². The molecular weight excluding hydrogens is 258 g/mol. The number of thiophene rings is 1. The van der Waals surface area contributed by atoms with Gasteiger partial charge in [0.25, 0.3) is 0 Å². The molecule has 0 saturated heterocycles. The summed E-state index contributed by atoms with van der Waals surface area (Å²) in [5.41, 5.74) is 5.69. The van der Waals surface area contributed by atoms with E-state index in [1.54, 1.807) is 18.4 Å². The summed E-state index contributed by atoms with van der Waals surface area (Å²) in [4.78, 5) is 14.6. The van der Waals surface area contributed by atoms with Gasteiger partial charge in [-0.2, -0.15) is 0 Å². The molecule has 1 heterocycles. The predicted octanol–water partition coefficient (Wildman–Crippen LogP) is 1.30. The fourth-order valence-corrected chi connectivity index (χ4v) is 2.70. The number of amides is 1. The topological polar surface area (TPSA) is 58.4 Å². The molecule has 17 heavy (non-hydrogen) atoms. The first-order valence-corrected chi connectivity index (χ1v) is 6.61. The lowest BCUT2D eigenvalue weighted by atomic mass is 10.1. The molecule has 4 nitrogen and oxygen atoms in total. The number of rotatable bonds is 6. The van der Waals surface area contributed by atoms with Crippen molar-refractivity contribution in [2.45, 2.75) is 19.0 Å². The van der Waals surface area contributed by atoms with Crippen molar-refractivity contribution in [2.24, 2.45) is 5.73 Å². The van der Waals surface area contributed by atoms with E-state index in [1.807, 2.05) is 19.2 Å². The van der Waals surface area contributed by atoms with Gasteiger partial charge in [0.2, 0.25) is 5.91 Å². The third kappa shape index (κ3) is 4.63. The van der Waals surface area contributed by atoms with Crippen molar-refractivity contribution in [1.29, 1.82) is 0 Å². The first-order chi connectivity index (χ1) is 8.06. The summed E-state index contributed by atoms with van der Waals surface area (Å²) in [6.07, 6.45) is 0.419. The highest BCUT2D eigenvalue weighted by atomic mass is 35.5. The second-order valence-electron chi connectivity index (χ2n) is 3.89. The van der Waals surface area contributed by atoms with Crippen LogP contribution in [-0.4, -0.2) is 37.5 Å². The number of nitrogens with one attached hydrogen (secondary N) is 1. The van der Waals surface area contributed by atoms with Crippen LogP contribution in [0.15, 0.2) is 12.1 Å². The molecule has 1 atom stereocenters. The van der Waals surface area contributed by atoms with Crippen molar-refractivity contribution < 1.29 is 4.79 Å². The number of likely N-dealkylation sites (N-methyl/N-ethyl adjacent to an activating group) is 1. The van der Waals surface area contributed by atoms with E-state index in [1.165, 1.54) is 4.88 Å².